The van der Waals surface area contributed by atoms with Crippen molar-refractivity contribution in [2.45, 2.75) is 44.3 Å². The largest absolute Gasteiger partial charge is 0.345 e. The molecule has 1 aliphatic heterocycles. The lowest BCUT2D eigenvalue weighted by Gasteiger charge is -2.39. The van der Waals surface area contributed by atoms with Gasteiger partial charge in [0.1, 0.15) is 0 Å². The molecule has 1 saturated heterocycles. The van der Waals surface area contributed by atoms with Crippen LogP contribution < -0.4 is 5.32 Å². The molecular weight excluding hydrogens is 376 g/mol. The van der Waals surface area contributed by atoms with Crippen molar-refractivity contribution in [3.63, 3.8) is 0 Å². The topological polar surface area (TPSA) is 75.9 Å². The van der Waals surface area contributed by atoms with Gasteiger partial charge in [0.2, 0.25) is 0 Å². The Kier molecular flexibility index (Phi) is 5.27. The third-order valence-corrected chi connectivity index (χ3v) is 5.81. The van der Waals surface area contributed by atoms with Gasteiger partial charge in [-0.1, -0.05) is 30.3 Å². The first-order chi connectivity index (χ1) is 14.7. The fourth-order valence-electron chi connectivity index (χ4n) is 3.94. The van der Waals surface area contributed by atoms with E-state index in [1.165, 1.54) is 24.0 Å². The molecule has 7 heteroatoms. The molecule has 0 atom stereocenters. The van der Waals surface area contributed by atoms with Crippen LogP contribution in [0.15, 0.2) is 55.0 Å². The highest BCUT2D eigenvalue weighted by Crippen LogP contribution is 2.39. The van der Waals surface area contributed by atoms with Gasteiger partial charge in [0, 0.05) is 37.9 Å². The first-order valence-corrected chi connectivity index (χ1v) is 10.6. The van der Waals surface area contributed by atoms with E-state index in [1.54, 1.807) is 6.20 Å². The maximum absolute atomic E-state index is 12.5. The molecule has 30 heavy (non-hydrogen) atoms. The predicted molar refractivity (Wildman–Crippen MR) is 113 cm³/mol. The van der Waals surface area contributed by atoms with Crippen molar-refractivity contribution in [3.05, 3.63) is 77.4 Å². The summed E-state index contributed by atoms with van der Waals surface area (Å²) in [5.74, 6) is 0.447. The number of hydrogen-bond acceptors (Lipinski definition) is 5. The molecule has 1 saturated carbocycles. The van der Waals surface area contributed by atoms with E-state index in [0.29, 0.717) is 11.6 Å². The van der Waals surface area contributed by atoms with Crippen molar-refractivity contribution in [2.24, 2.45) is 0 Å². The molecule has 3 aromatic rings. The molecule has 0 radical (unpaired) electrons. The fourth-order valence-corrected chi connectivity index (χ4v) is 3.94. The quantitative estimate of drug-likeness (QED) is 0.626. The predicted octanol–water partition coefficient (Wildman–Crippen LogP) is 2.41. The molecular formula is C23H26N6O. The summed E-state index contributed by atoms with van der Waals surface area (Å²) in [6, 6.07) is 12.5. The van der Waals surface area contributed by atoms with Crippen LogP contribution in [-0.4, -0.2) is 49.9 Å². The number of nitrogens with one attached hydrogen (secondary N) is 1. The SMILES string of the molecule is O=C(NC1CN(Cc2cnn(CCc3ccccc3)c2)C1)c1cc(C2CC2)cnn1. The van der Waals surface area contributed by atoms with Gasteiger partial charge >= 0.3 is 0 Å². The van der Waals surface area contributed by atoms with Crippen LogP contribution in [0.25, 0.3) is 0 Å². The van der Waals surface area contributed by atoms with Gasteiger partial charge in [0.15, 0.2) is 5.69 Å². The molecule has 154 valence electrons. The van der Waals surface area contributed by atoms with Gasteiger partial charge in [-0.05, 0) is 42.4 Å². The summed E-state index contributed by atoms with van der Waals surface area (Å²) >= 11 is 0. The molecule has 2 aromatic heterocycles. The van der Waals surface area contributed by atoms with Gasteiger partial charge in [0.05, 0.1) is 18.4 Å². The second-order valence-electron chi connectivity index (χ2n) is 8.36. The molecule has 0 unspecified atom stereocenters. The summed E-state index contributed by atoms with van der Waals surface area (Å²) in [5.41, 5.74) is 4.09. The van der Waals surface area contributed by atoms with Crippen molar-refractivity contribution in [1.29, 1.82) is 0 Å². The number of aromatic nitrogens is 4. The molecule has 2 fully saturated rings. The zero-order chi connectivity index (χ0) is 20.3. The summed E-state index contributed by atoms with van der Waals surface area (Å²) < 4.78 is 2.01. The summed E-state index contributed by atoms with van der Waals surface area (Å²) in [6.07, 6.45) is 9.19. The third kappa shape index (κ3) is 4.57. The fraction of sp³-hybridized carbons (Fsp3) is 0.391. The molecule has 5 rings (SSSR count). The molecule has 0 bridgehead atoms. The monoisotopic (exact) mass is 402 g/mol. The number of nitrogens with zero attached hydrogens (tertiary/aromatic N) is 5. The molecule has 3 heterocycles. The van der Waals surface area contributed by atoms with Crippen LogP contribution in [0.5, 0.6) is 0 Å². The third-order valence-electron chi connectivity index (χ3n) is 5.81. The van der Waals surface area contributed by atoms with Crippen LogP contribution in [0.2, 0.25) is 0 Å². The Balaban J connectivity index is 1.06. The lowest BCUT2D eigenvalue weighted by atomic mass is 10.1. The van der Waals surface area contributed by atoms with Crippen LogP contribution >= 0.6 is 0 Å². The Hall–Kier alpha value is -3.06. The zero-order valence-electron chi connectivity index (χ0n) is 16.9. The van der Waals surface area contributed by atoms with Crippen molar-refractivity contribution < 1.29 is 4.79 Å². The molecule has 0 spiro atoms. The standard InChI is InChI=1S/C23H26N6O/c30-23(22-10-20(12-24-27-22)19-6-7-19)26-21-15-28(16-21)13-18-11-25-29(14-18)9-8-17-4-2-1-3-5-17/h1-5,10-12,14,19,21H,6-9,13,15-16H2,(H,26,30). The van der Waals surface area contributed by atoms with E-state index in [4.69, 9.17) is 0 Å². The molecule has 1 N–H and O–H groups in total. The van der Waals surface area contributed by atoms with Crippen molar-refractivity contribution in [2.75, 3.05) is 13.1 Å². The Morgan fingerprint density at radius 2 is 1.93 bits per heavy atom. The number of amides is 1. The number of aryl methyl sites for hydroxylation is 2. The second kappa shape index (κ2) is 8.36. The Bertz CT molecular complexity index is 1010. The van der Waals surface area contributed by atoms with E-state index in [0.717, 1.165) is 38.2 Å². The molecule has 1 amide bonds. The van der Waals surface area contributed by atoms with Crippen molar-refractivity contribution in [1.82, 2.24) is 30.2 Å². The van der Waals surface area contributed by atoms with E-state index in [-0.39, 0.29) is 11.9 Å². The van der Waals surface area contributed by atoms with Crippen LogP contribution in [0.1, 0.15) is 45.9 Å². The van der Waals surface area contributed by atoms with Gasteiger partial charge in [0.25, 0.3) is 5.91 Å². The number of hydrogen-bond donors (Lipinski definition) is 1. The van der Waals surface area contributed by atoms with Crippen LogP contribution in [0, 0.1) is 0 Å². The van der Waals surface area contributed by atoms with Gasteiger partial charge in [-0.3, -0.25) is 14.4 Å². The molecule has 1 aliphatic carbocycles. The minimum Gasteiger partial charge on any atom is -0.345 e. The summed E-state index contributed by atoms with van der Waals surface area (Å²) in [4.78, 5) is 14.8. The highest BCUT2D eigenvalue weighted by molar-refractivity contribution is 5.92. The normalized spacial score (nSPS) is 16.9. The van der Waals surface area contributed by atoms with Gasteiger partial charge in [-0.25, -0.2) is 0 Å². The summed E-state index contributed by atoms with van der Waals surface area (Å²) in [6.45, 7) is 3.42. The highest BCUT2D eigenvalue weighted by atomic mass is 16.2. The molecule has 2 aliphatic rings. The number of likely N-dealkylation sites (tertiary alicyclic amines) is 1. The maximum Gasteiger partial charge on any atom is 0.272 e. The van der Waals surface area contributed by atoms with E-state index in [1.807, 2.05) is 23.0 Å². The van der Waals surface area contributed by atoms with E-state index < -0.39 is 0 Å². The van der Waals surface area contributed by atoms with Crippen molar-refractivity contribution in [3.8, 4) is 0 Å². The Morgan fingerprint density at radius 1 is 1.10 bits per heavy atom. The van der Waals surface area contributed by atoms with Crippen LogP contribution in [0.3, 0.4) is 0 Å². The molecule has 7 nitrogen and oxygen atoms in total. The summed E-state index contributed by atoms with van der Waals surface area (Å²) in [5, 5.41) is 15.6. The number of benzene rings is 1. The van der Waals surface area contributed by atoms with Gasteiger partial charge in [-0.15, -0.1) is 5.10 Å². The maximum atomic E-state index is 12.5. The molecule has 1 aromatic carbocycles. The number of carbonyl (C=O) groups excluding carboxylic acids is 1. The second-order valence-corrected chi connectivity index (χ2v) is 8.36. The highest BCUT2D eigenvalue weighted by Gasteiger charge is 2.30. The van der Waals surface area contributed by atoms with Crippen molar-refractivity contribution >= 4 is 5.91 Å². The Labute approximate surface area is 176 Å². The Morgan fingerprint density at radius 3 is 2.73 bits per heavy atom. The lowest BCUT2D eigenvalue weighted by Crippen LogP contribution is -2.58. The number of rotatable bonds is 8. The van der Waals surface area contributed by atoms with E-state index >= 15 is 0 Å². The average Bonchev–Trinajstić information content (AvgIpc) is 3.51. The van der Waals surface area contributed by atoms with Crippen LogP contribution in [0.4, 0.5) is 0 Å². The number of carbonyl (C=O) groups is 1. The van der Waals surface area contributed by atoms with Gasteiger partial charge in [-0.2, -0.15) is 10.2 Å². The van der Waals surface area contributed by atoms with E-state index in [9.17, 15) is 4.79 Å². The first-order valence-electron chi connectivity index (χ1n) is 10.6. The average molecular weight is 403 g/mol. The first kappa shape index (κ1) is 18.9. The smallest absolute Gasteiger partial charge is 0.272 e. The zero-order valence-corrected chi connectivity index (χ0v) is 16.9. The minimum atomic E-state index is -0.122. The van der Waals surface area contributed by atoms with E-state index in [2.05, 4.69) is 56.0 Å². The summed E-state index contributed by atoms with van der Waals surface area (Å²) in [7, 11) is 0. The minimum absolute atomic E-state index is 0.122. The lowest BCUT2D eigenvalue weighted by molar-refractivity contribution is 0.0789. The van der Waals surface area contributed by atoms with Gasteiger partial charge < -0.3 is 5.32 Å². The van der Waals surface area contributed by atoms with Crippen LogP contribution in [-0.2, 0) is 19.5 Å².